The number of carboxylic acid groups (broad SMARTS) is 1. The van der Waals surface area contributed by atoms with E-state index in [9.17, 15) is 24.6 Å². The Labute approximate surface area is 198 Å². The number of benzodiazepines with no additional fused rings is 1. The second-order valence-electron chi connectivity index (χ2n) is 7.91. The van der Waals surface area contributed by atoms with Gasteiger partial charge in [0.05, 0.1) is 5.69 Å². The number of carboxylic acids is 1. The first-order valence-electron chi connectivity index (χ1n) is 10.7. The molecule has 0 radical (unpaired) electrons. The SMILES string of the molecule is O=C(O)CN1C(=O)C(NC(=O)c2cc3cc(O)ccc3o2)N=Cc2c(-c3ccccc3)cccc21. The minimum absolute atomic E-state index is 0.0186. The number of benzene rings is 3. The Morgan fingerprint density at radius 2 is 1.83 bits per heavy atom. The van der Waals surface area contributed by atoms with Crippen molar-refractivity contribution in [3.8, 4) is 16.9 Å². The molecular weight excluding hydrogens is 450 g/mol. The molecule has 174 valence electrons. The lowest BCUT2D eigenvalue weighted by Crippen LogP contribution is -2.48. The molecule has 3 aromatic carbocycles. The second-order valence-corrected chi connectivity index (χ2v) is 7.91. The van der Waals surface area contributed by atoms with E-state index in [1.165, 1.54) is 30.5 Å². The number of rotatable bonds is 5. The molecule has 0 spiro atoms. The molecule has 0 saturated heterocycles. The second kappa shape index (κ2) is 8.79. The van der Waals surface area contributed by atoms with Crippen LogP contribution in [-0.4, -0.2) is 46.9 Å². The number of anilines is 1. The van der Waals surface area contributed by atoms with E-state index in [0.717, 1.165) is 16.0 Å². The molecule has 2 amide bonds. The summed E-state index contributed by atoms with van der Waals surface area (Å²) < 4.78 is 5.53. The Bertz CT molecular complexity index is 1490. The van der Waals surface area contributed by atoms with Crippen molar-refractivity contribution in [3.05, 3.63) is 84.1 Å². The van der Waals surface area contributed by atoms with Gasteiger partial charge < -0.3 is 19.9 Å². The highest BCUT2D eigenvalue weighted by atomic mass is 16.4. The Balaban J connectivity index is 1.52. The summed E-state index contributed by atoms with van der Waals surface area (Å²) in [6.07, 6.45) is 0.0958. The fourth-order valence-corrected chi connectivity index (χ4v) is 4.01. The van der Waals surface area contributed by atoms with Crippen LogP contribution in [-0.2, 0) is 9.59 Å². The molecule has 0 saturated carbocycles. The van der Waals surface area contributed by atoms with Crippen molar-refractivity contribution >= 4 is 40.7 Å². The summed E-state index contributed by atoms with van der Waals surface area (Å²) in [5.74, 6) is -2.68. The molecule has 0 aliphatic carbocycles. The first-order chi connectivity index (χ1) is 16.9. The number of furan rings is 1. The minimum atomic E-state index is -1.38. The van der Waals surface area contributed by atoms with E-state index in [1.807, 2.05) is 36.4 Å². The Morgan fingerprint density at radius 1 is 1.03 bits per heavy atom. The third-order valence-electron chi connectivity index (χ3n) is 5.60. The average molecular weight is 469 g/mol. The third-order valence-corrected chi connectivity index (χ3v) is 5.60. The van der Waals surface area contributed by atoms with Crippen LogP contribution in [0.15, 0.2) is 82.2 Å². The molecule has 9 nitrogen and oxygen atoms in total. The van der Waals surface area contributed by atoms with Gasteiger partial charge in [-0.15, -0.1) is 0 Å². The van der Waals surface area contributed by atoms with E-state index < -0.39 is 30.5 Å². The third kappa shape index (κ3) is 4.22. The van der Waals surface area contributed by atoms with Crippen molar-refractivity contribution in [3.63, 3.8) is 0 Å². The zero-order valence-electron chi connectivity index (χ0n) is 18.2. The van der Waals surface area contributed by atoms with Gasteiger partial charge in [-0.3, -0.25) is 24.3 Å². The number of aliphatic carboxylic acids is 1. The number of hydrogen-bond donors (Lipinski definition) is 3. The van der Waals surface area contributed by atoms with Crippen molar-refractivity contribution in [2.75, 3.05) is 11.4 Å². The first kappa shape index (κ1) is 21.9. The fourth-order valence-electron chi connectivity index (χ4n) is 4.01. The summed E-state index contributed by atoms with van der Waals surface area (Å²) in [5, 5.41) is 22.1. The number of carbonyl (C=O) groups is 3. The molecule has 1 aliphatic rings. The van der Waals surface area contributed by atoms with Gasteiger partial charge in [0.25, 0.3) is 11.8 Å². The van der Waals surface area contributed by atoms with E-state index in [1.54, 1.807) is 12.1 Å². The predicted octanol–water partition coefficient (Wildman–Crippen LogP) is 3.41. The Kier molecular flexibility index (Phi) is 5.50. The van der Waals surface area contributed by atoms with E-state index in [2.05, 4.69) is 10.3 Å². The average Bonchev–Trinajstić information content (AvgIpc) is 3.23. The van der Waals surface area contributed by atoms with Gasteiger partial charge in [0.1, 0.15) is 17.9 Å². The molecule has 0 fully saturated rings. The molecule has 2 heterocycles. The predicted molar refractivity (Wildman–Crippen MR) is 129 cm³/mol. The minimum Gasteiger partial charge on any atom is -0.508 e. The maximum Gasteiger partial charge on any atom is 0.323 e. The molecule has 1 atom stereocenters. The summed E-state index contributed by atoms with van der Waals surface area (Å²) in [6.45, 7) is -0.607. The zero-order chi connectivity index (χ0) is 24.5. The number of hydrogen-bond acceptors (Lipinski definition) is 6. The lowest BCUT2D eigenvalue weighted by atomic mass is 9.98. The quantitative estimate of drug-likeness (QED) is 0.410. The standard InChI is InChI=1S/C26H19N3O6/c30-17-9-10-21-16(11-17)12-22(35-21)25(33)28-24-26(34)29(14-23(31)32)20-8-4-7-18(19(20)13-27-24)15-5-2-1-3-6-15/h1-13,24,30H,14H2,(H,28,33)(H,31,32). The summed E-state index contributed by atoms with van der Waals surface area (Å²) >= 11 is 0. The van der Waals surface area contributed by atoms with E-state index in [-0.39, 0.29) is 11.5 Å². The van der Waals surface area contributed by atoms with Crippen LogP contribution in [0.3, 0.4) is 0 Å². The summed E-state index contributed by atoms with van der Waals surface area (Å²) in [6, 6.07) is 20.5. The normalized spacial score (nSPS) is 15.0. The molecule has 3 N–H and O–H groups in total. The monoisotopic (exact) mass is 469 g/mol. The van der Waals surface area contributed by atoms with Gasteiger partial charge in [-0.25, -0.2) is 0 Å². The summed E-state index contributed by atoms with van der Waals surface area (Å²) in [5.41, 5.74) is 2.95. The van der Waals surface area contributed by atoms with Gasteiger partial charge >= 0.3 is 5.97 Å². The van der Waals surface area contributed by atoms with E-state index >= 15 is 0 Å². The number of nitrogens with one attached hydrogen (secondary N) is 1. The van der Waals surface area contributed by atoms with Crippen LogP contribution in [0.1, 0.15) is 16.1 Å². The molecule has 9 heteroatoms. The van der Waals surface area contributed by atoms with Crippen molar-refractivity contribution < 1.29 is 29.0 Å². The lowest BCUT2D eigenvalue weighted by molar-refractivity contribution is -0.136. The number of amides is 2. The highest BCUT2D eigenvalue weighted by Crippen LogP contribution is 2.32. The summed E-state index contributed by atoms with van der Waals surface area (Å²) in [7, 11) is 0. The van der Waals surface area contributed by atoms with Gasteiger partial charge in [0.15, 0.2) is 5.76 Å². The number of fused-ring (bicyclic) bond motifs is 2. The molecule has 5 rings (SSSR count). The Hall–Kier alpha value is -4.92. The van der Waals surface area contributed by atoms with Gasteiger partial charge in [-0.05, 0) is 41.5 Å². The van der Waals surface area contributed by atoms with Crippen molar-refractivity contribution in [1.29, 1.82) is 0 Å². The summed E-state index contributed by atoms with van der Waals surface area (Å²) in [4.78, 5) is 43.2. The van der Waals surface area contributed by atoms with Crippen LogP contribution in [0.4, 0.5) is 5.69 Å². The van der Waals surface area contributed by atoms with Crippen molar-refractivity contribution in [2.45, 2.75) is 6.17 Å². The van der Waals surface area contributed by atoms with Crippen LogP contribution in [0, 0.1) is 0 Å². The van der Waals surface area contributed by atoms with Gasteiger partial charge in [0, 0.05) is 17.2 Å². The topological polar surface area (TPSA) is 132 Å². The molecule has 1 aromatic heterocycles. The maximum atomic E-state index is 13.3. The van der Waals surface area contributed by atoms with Crippen LogP contribution < -0.4 is 10.2 Å². The molecule has 1 aliphatic heterocycles. The molecule has 0 bridgehead atoms. The van der Waals surface area contributed by atoms with Gasteiger partial charge in [0.2, 0.25) is 6.17 Å². The van der Waals surface area contributed by atoms with Gasteiger partial charge in [-0.2, -0.15) is 0 Å². The van der Waals surface area contributed by atoms with Crippen LogP contribution in [0.5, 0.6) is 5.75 Å². The number of aromatic hydroxyl groups is 1. The van der Waals surface area contributed by atoms with Crippen LogP contribution >= 0.6 is 0 Å². The molecule has 4 aromatic rings. The molecule has 35 heavy (non-hydrogen) atoms. The lowest BCUT2D eigenvalue weighted by Gasteiger charge is -2.24. The number of aliphatic imine (C=N–C) groups is 1. The molecule has 1 unspecified atom stereocenters. The largest absolute Gasteiger partial charge is 0.508 e. The number of nitrogens with zero attached hydrogens (tertiary/aromatic N) is 2. The highest BCUT2D eigenvalue weighted by Gasteiger charge is 2.32. The van der Waals surface area contributed by atoms with E-state index in [0.29, 0.717) is 22.2 Å². The van der Waals surface area contributed by atoms with Crippen molar-refractivity contribution in [2.24, 2.45) is 4.99 Å². The van der Waals surface area contributed by atoms with E-state index in [4.69, 9.17) is 4.42 Å². The van der Waals surface area contributed by atoms with Crippen LogP contribution in [0.2, 0.25) is 0 Å². The maximum absolute atomic E-state index is 13.3. The zero-order valence-corrected chi connectivity index (χ0v) is 18.2. The van der Waals surface area contributed by atoms with Gasteiger partial charge in [-0.1, -0.05) is 42.5 Å². The Morgan fingerprint density at radius 3 is 2.60 bits per heavy atom. The first-order valence-corrected chi connectivity index (χ1v) is 10.7. The fraction of sp³-hybridized carbons (Fsp3) is 0.0769. The van der Waals surface area contributed by atoms with Crippen molar-refractivity contribution in [1.82, 2.24) is 5.32 Å². The number of carbonyl (C=O) groups excluding carboxylic acids is 2. The number of phenolic OH excluding ortho intramolecular Hbond substituents is 1. The smallest absolute Gasteiger partial charge is 0.323 e. The number of phenols is 1. The van der Waals surface area contributed by atoms with Crippen LogP contribution in [0.25, 0.3) is 22.1 Å². The highest BCUT2D eigenvalue weighted by molar-refractivity contribution is 6.11. The molecular formula is C26H19N3O6.